The highest BCUT2D eigenvalue weighted by molar-refractivity contribution is 6.30. The number of aromatic nitrogens is 3. The van der Waals surface area contributed by atoms with E-state index in [1.807, 2.05) is 42.5 Å². The first-order valence-corrected chi connectivity index (χ1v) is 8.27. The minimum Gasteiger partial charge on any atom is -0.494 e. The lowest BCUT2D eigenvalue weighted by Gasteiger charge is -2.27. The highest BCUT2D eigenvalue weighted by atomic mass is 35.5. The van der Waals surface area contributed by atoms with E-state index in [2.05, 4.69) is 16.2 Å². The largest absolute Gasteiger partial charge is 0.494 e. The van der Waals surface area contributed by atoms with Crippen molar-refractivity contribution in [3.05, 3.63) is 77.8 Å². The van der Waals surface area contributed by atoms with Crippen molar-refractivity contribution in [1.29, 1.82) is 5.26 Å². The number of hydrogen-bond donors (Lipinski definition) is 0. The van der Waals surface area contributed by atoms with Crippen LogP contribution in [0.3, 0.4) is 0 Å². The fourth-order valence-electron chi connectivity index (χ4n) is 2.69. The molecule has 0 radical (unpaired) electrons. The molecule has 0 saturated heterocycles. The van der Waals surface area contributed by atoms with Crippen LogP contribution >= 0.6 is 11.6 Å². The smallest absolute Gasteiger partial charge is 0.137 e. The monoisotopic (exact) mass is 352 g/mol. The third-order valence-corrected chi connectivity index (χ3v) is 4.30. The van der Waals surface area contributed by atoms with Crippen molar-refractivity contribution in [2.45, 2.75) is 18.4 Å². The maximum Gasteiger partial charge on any atom is 0.137 e. The van der Waals surface area contributed by atoms with Crippen molar-refractivity contribution in [3.8, 4) is 11.8 Å². The number of ether oxygens (including phenoxy) is 1. The average Bonchev–Trinajstić information content (AvgIpc) is 3.15. The van der Waals surface area contributed by atoms with Crippen LogP contribution in [0.2, 0.25) is 5.02 Å². The molecule has 2 aromatic carbocycles. The molecule has 25 heavy (non-hydrogen) atoms. The predicted molar refractivity (Wildman–Crippen MR) is 95.3 cm³/mol. The highest BCUT2D eigenvalue weighted by Crippen LogP contribution is 2.31. The van der Waals surface area contributed by atoms with Gasteiger partial charge in [-0.05, 0) is 29.8 Å². The van der Waals surface area contributed by atoms with Crippen LogP contribution < -0.4 is 4.74 Å². The van der Waals surface area contributed by atoms with Crippen molar-refractivity contribution >= 4 is 11.6 Å². The summed E-state index contributed by atoms with van der Waals surface area (Å²) < 4.78 is 7.47. The molecule has 0 aliphatic rings. The number of nitrogens with zero attached hydrogens (tertiary/aromatic N) is 4. The van der Waals surface area contributed by atoms with Gasteiger partial charge in [0.25, 0.3) is 0 Å². The maximum absolute atomic E-state index is 10.00. The van der Waals surface area contributed by atoms with Gasteiger partial charge in [-0.15, -0.1) is 0 Å². The van der Waals surface area contributed by atoms with Gasteiger partial charge in [-0.1, -0.05) is 41.9 Å². The molecular formula is C19H17ClN4O. The van der Waals surface area contributed by atoms with Gasteiger partial charge in [0.15, 0.2) is 0 Å². The molecule has 3 aromatic rings. The van der Waals surface area contributed by atoms with Crippen molar-refractivity contribution in [1.82, 2.24) is 14.8 Å². The van der Waals surface area contributed by atoms with Gasteiger partial charge in [0.05, 0.1) is 19.2 Å². The fourth-order valence-corrected chi connectivity index (χ4v) is 2.82. The highest BCUT2D eigenvalue weighted by Gasteiger charge is 2.33. The summed E-state index contributed by atoms with van der Waals surface area (Å²) in [5.41, 5.74) is 0.0964. The zero-order chi connectivity index (χ0) is 17.5. The summed E-state index contributed by atoms with van der Waals surface area (Å²) in [6.07, 6.45) is 3.59. The van der Waals surface area contributed by atoms with Gasteiger partial charge in [0.2, 0.25) is 0 Å². The molecular weight excluding hydrogens is 336 g/mol. The van der Waals surface area contributed by atoms with Gasteiger partial charge >= 0.3 is 0 Å². The summed E-state index contributed by atoms with van der Waals surface area (Å²) in [4.78, 5) is 3.97. The first-order valence-electron chi connectivity index (χ1n) is 7.89. The van der Waals surface area contributed by atoms with E-state index >= 15 is 0 Å². The SMILES string of the molecule is N#CC(CCOc1ccccc1)(Cn1cncn1)c1ccc(Cl)cc1. The summed E-state index contributed by atoms with van der Waals surface area (Å²) >= 11 is 6.00. The van der Waals surface area contributed by atoms with E-state index in [1.165, 1.54) is 6.33 Å². The van der Waals surface area contributed by atoms with Crippen LogP contribution in [0.15, 0.2) is 67.3 Å². The standard InChI is InChI=1S/C19H17ClN4O/c20-17-8-6-16(7-9-17)19(12-21,13-24-15-22-14-23-24)10-11-25-18-4-2-1-3-5-18/h1-9,14-15H,10-11,13H2. The Kier molecular flexibility index (Phi) is 5.32. The first-order chi connectivity index (χ1) is 12.2. The molecule has 126 valence electrons. The van der Waals surface area contributed by atoms with E-state index in [0.29, 0.717) is 24.6 Å². The molecule has 0 amide bonds. The Bertz CT molecular complexity index is 828. The van der Waals surface area contributed by atoms with Crippen LogP contribution in [0, 0.1) is 11.3 Å². The second-order valence-corrected chi connectivity index (χ2v) is 6.14. The van der Waals surface area contributed by atoms with Gasteiger partial charge in [0.1, 0.15) is 23.8 Å². The zero-order valence-electron chi connectivity index (χ0n) is 13.5. The normalized spacial score (nSPS) is 13.0. The number of para-hydroxylation sites is 1. The van der Waals surface area contributed by atoms with Crippen LogP contribution in [0.4, 0.5) is 0 Å². The van der Waals surface area contributed by atoms with Gasteiger partial charge in [-0.3, -0.25) is 4.68 Å². The summed E-state index contributed by atoms with van der Waals surface area (Å²) in [6.45, 7) is 0.804. The van der Waals surface area contributed by atoms with Crippen LogP contribution in [-0.2, 0) is 12.0 Å². The van der Waals surface area contributed by atoms with Gasteiger partial charge < -0.3 is 4.74 Å². The lowest BCUT2D eigenvalue weighted by Crippen LogP contribution is -2.32. The Morgan fingerprint density at radius 1 is 1.12 bits per heavy atom. The molecule has 1 heterocycles. The second-order valence-electron chi connectivity index (χ2n) is 5.71. The molecule has 1 atom stereocenters. The zero-order valence-corrected chi connectivity index (χ0v) is 14.3. The van der Waals surface area contributed by atoms with Crippen molar-refractivity contribution in [2.24, 2.45) is 0 Å². The van der Waals surface area contributed by atoms with Crippen LogP contribution in [0.5, 0.6) is 5.75 Å². The molecule has 0 aliphatic carbocycles. The predicted octanol–water partition coefficient (Wildman–Crippen LogP) is 3.86. The lowest BCUT2D eigenvalue weighted by molar-refractivity contribution is 0.264. The molecule has 3 rings (SSSR count). The van der Waals surface area contributed by atoms with Crippen molar-refractivity contribution in [2.75, 3.05) is 6.61 Å². The van der Waals surface area contributed by atoms with E-state index in [-0.39, 0.29) is 0 Å². The van der Waals surface area contributed by atoms with Crippen molar-refractivity contribution in [3.63, 3.8) is 0 Å². The average molecular weight is 353 g/mol. The quantitative estimate of drug-likeness (QED) is 0.647. The number of hydrogen-bond acceptors (Lipinski definition) is 4. The number of halogens is 1. The molecule has 0 spiro atoms. The van der Waals surface area contributed by atoms with Gasteiger partial charge in [-0.25, -0.2) is 4.98 Å². The summed E-state index contributed by atoms with van der Waals surface area (Å²) in [7, 11) is 0. The fraction of sp³-hybridized carbons (Fsp3) is 0.211. The Balaban J connectivity index is 1.82. The molecule has 6 heteroatoms. The number of nitriles is 1. The molecule has 0 bridgehead atoms. The number of rotatable bonds is 7. The Labute approximate surface area is 151 Å². The van der Waals surface area contributed by atoms with Crippen molar-refractivity contribution < 1.29 is 4.74 Å². The first kappa shape index (κ1) is 17.0. The minimum absolute atomic E-state index is 0.392. The Morgan fingerprint density at radius 2 is 1.88 bits per heavy atom. The van der Waals surface area contributed by atoms with E-state index in [9.17, 15) is 5.26 Å². The van der Waals surface area contributed by atoms with Crippen LogP contribution in [0.1, 0.15) is 12.0 Å². The summed E-state index contributed by atoms with van der Waals surface area (Å²) in [5.74, 6) is 0.784. The molecule has 0 fully saturated rings. The van der Waals surface area contributed by atoms with E-state index < -0.39 is 5.41 Å². The molecule has 1 aromatic heterocycles. The Hall–Kier alpha value is -2.84. The van der Waals surface area contributed by atoms with E-state index in [4.69, 9.17) is 16.3 Å². The second kappa shape index (κ2) is 7.82. The number of benzene rings is 2. The molecule has 0 saturated carbocycles. The molecule has 5 nitrogen and oxygen atoms in total. The van der Waals surface area contributed by atoms with Gasteiger partial charge in [-0.2, -0.15) is 10.4 Å². The van der Waals surface area contributed by atoms with Crippen LogP contribution in [-0.4, -0.2) is 21.4 Å². The maximum atomic E-state index is 10.00. The summed E-state index contributed by atoms with van der Waals surface area (Å²) in [6, 6.07) is 19.4. The summed E-state index contributed by atoms with van der Waals surface area (Å²) in [5, 5.41) is 14.8. The topological polar surface area (TPSA) is 63.7 Å². The lowest BCUT2D eigenvalue weighted by atomic mass is 9.79. The Morgan fingerprint density at radius 3 is 2.52 bits per heavy atom. The molecule has 0 aliphatic heterocycles. The van der Waals surface area contributed by atoms with E-state index in [0.717, 1.165) is 11.3 Å². The molecule has 0 N–H and O–H groups in total. The third-order valence-electron chi connectivity index (χ3n) is 4.05. The van der Waals surface area contributed by atoms with Crippen LogP contribution in [0.25, 0.3) is 0 Å². The van der Waals surface area contributed by atoms with E-state index in [1.54, 1.807) is 23.1 Å². The van der Waals surface area contributed by atoms with Gasteiger partial charge in [0, 0.05) is 11.4 Å². The minimum atomic E-state index is -0.785. The molecule has 1 unspecified atom stereocenters. The third kappa shape index (κ3) is 4.17.